The van der Waals surface area contributed by atoms with Crippen molar-refractivity contribution in [2.24, 2.45) is 0 Å². The molecular formula is C17H26NO5+. The van der Waals surface area contributed by atoms with Crippen LogP contribution in [0.15, 0.2) is 24.3 Å². The molecule has 0 amide bonds. The predicted octanol–water partition coefficient (Wildman–Crippen LogP) is 0.681. The van der Waals surface area contributed by atoms with Gasteiger partial charge >= 0.3 is 0 Å². The van der Waals surface area contributed by atoms with E-state index >= 15 is 0 Å². The number of aliphatic hydroxyl groups excluding tert-OH is 1. The van der Waals surface area contributed by atoms with E-state index in [0.717, 1.165) is 42.3 Å². The lowest BCUT2D eigenvalue weighted by molar-refractivity contribution is -0.919. The zero-order valence-electron chi connectivity index (χ0n) is 13.6. The fourth-order valence-electron chi connectivity index (χ4n) is 3.01. The van der Waals surface area contributed by atoms with Crippen LogP contribution in [0.3, 0.4) is 0 Å². The van der Waals surface area contributed by atoms with Crippen molar-refractivity contribution in [3.8, 4) is 11.5 Å². The second-order valence-electron chi connectivity index (χ2n) is 6.55. The lowest BCUT2D eigenvalue weighted by atomic mass is 10.2. The quantitative estimate of drug-likeness (QED) is 0.780. The van der Waals surface area contributed by atoms with Crippen LogP contribution in [0.4, 0.5) is 0 Å². The molecule has 0 spiro atoms. The number of likely N-dealkylation sites (N-methyl/N-ethyl adjacent to an activating group) is 1. The lowest BCUT2D eigenvalue weighted by Gasteiger charge is -2.38. The normalized spacial score (nSPS) is 24.2. The van der Waals surface area contributed by atoms with Crippen molar-refractivity contribution in [1.82, 2.24) is 0 Å². The van der Waals surface area contributed by atoms with E-state index in [1.165, 1.54) is 0 Å². The van der Waals surface area contributed by atoms with Gasteiger partial charge in [-0.1, -0.05) is 12.1 Å². The van der Waals surface area contributed by atoms with Gasteiger partial charge in [-0.05, 0) is 12.1 Å². The number of nitrogens with zero attached hydrogens (tertiary/aromatic N) is 1. The molecule has 0 saturated carbocycles. The zero-order valence-corrected chi connectivity index (χ0v) is 13.6. The molecule has 1 fully saturated rings. The molecule has 2 aliphatic rings. The minimum Gasteiger partial charge on any atom is -0.486 e. The monoisotopic (exact) mass is 324 g/mol. The average molecular weight is 324 g/mol. The third-order valence-corrected chi connectivity index (χ3v) is 4.38. The smallest absolute Gasteiger partial charge is 0.161 e. The summed E-state index contributed by atoms with van der Waals surface area (Å²) in [6.07, 6.45) is -0.611. The first-order chi connectivity index (χ1) is 11.1. The van der Waals surface area contributed by atoms with Crippen molar-refractivity contribution in [2.75, 3.05) is 59.7 Å². The number of hydrogen-bond acceptors (Lipinski definition) is 5. The fourth-order valence-corrected chi connectivity index (χ4v) is 3.01. The third kappa shape index (κ3) is 4.57. The topological polar surface area (TPSA) is 57.2 Å². The molecule has 1 aromatic rings. The van der Waals surface area contributed by atoms with E-state index in [-0.39, 0.29) is 6.10 Å². The molecule has 23 heavy (non-hydrogen) atoms. The minimum absolute atomic E-state index is 0.134. The molecular weight excluding hydrogens is 298 g/mol. The number of rotatable bonds is 6. The maximum atomic E-state index is 10.2. The maximum Gasteiger partial charge on any atom is 0.161 e. The van der Waals surface area contributed by atoms with E-state index in [1.54, 1.807) is 0 Å². The van der Waals surface area contributed by atoms with Gasteiger partial charge in [-0.15, -0.1) is 0 Å². The van der Waals surface area contributed by atoms with Crippen LogP contribution in [-0.2, 0) is 9.47 Å². The molecule has 6 nitrogen and oxygen atoms in total. The Balaban J connectivity index is 1.38. The molecule has 1 aromatic carbocycles. The standard InChI is InChI=1S/C17H26NO5/c1-18(6-8-20-9-7-18)10-14(19)11-21-12-15-13-22-16-4-2-3-5-17(16)23-15/h2-5,14-15,19H,6-13H2,1H3/q+1/t14-,15-/m1/s1. The summed E-state index contributed by atoms with van der Waals surface area (Å²) in [5.41, 5.74) is 0. The van der Waals surface area contributed by atoms with Gasteiger partial charge in [0.15, 0.2) is 17.6 Å². The van der Waals surface area contributed by atoms with E-state index in [2.05, 4.69) is 7.05 Å². The summed E-state index contributed by atoms with van der Waals surface area (Å²) in [6.45, 7) is 5.29. The molecule has 1 N–H and O–H groups in total. The van der Waals surface area contributed by atoms with Crippen molar-refractivity contribution in [1.29, 1.82) is 0 Å². The molecule has 3 rings (SSSR count). The van der Waals surface area contributed by atoms with Crippen LogP contribution in [0.25, 0.3) is 0 Å². The van der Waals surface area contributed by atoms with Gasteiger partial charge in [0.05, 0.1) is 33.5 Å². The van der Waals surface area contributed by atoms with Crippen LogP contribution >= 0.6 is 0 Å². The molecule has 2 aliphatic heterocycles. The molecule has 128 valence electrons. The van der Waals surface area contributed by atoms with Crippen molar-refractivity contribution in [3.05, 3.63) is 24.3 Å². The number of quaternary nitrogens is 1. The first-order valence-corrected chi connectivity index (χ1v) is 8.20. The van der Waals surface area contributed by atoms with Gasteiger partial charge in [-0.2, -0.15) is 0 Å². The molecule has 0 aromatic heterocycles. The number of fused-ring (bicyclic) bond motifs is 1. The molecule has 0 bridgehead atoms. The Kier molecular flexibility index (Phi) is 5.38. The zero-order chi connectivity index (χ0) is 16.1. The highest BCUT2D eigenvalue weighted by Gasteiger charge is 2.28. The SMILES string of the molecule is C[N+]1(C[C@@H](O)COC[C@@H]2COc3ccccc3O2)CCOCC1. The fraction of sp³-hybridized carbons (Fsp3) is 0.647. The van der Waals surface area contributed by atoms with Gasteiger partial charge in [0.25, 0.3) is 0 Å². The van der Waals surface area contributed by atoms with Crippen LogP contribution in [0.2, 0.25) is 0 Å². The summed E-state index contributed by atoms with van der Waals surface area (Å²) in [6, 6.07) is 7.62. The summed E-state index contributed by atoms with van der Waals surface area (Å²) in [7, 11) is 2.15. The van der Waals surface area contributed by atoms with Crippen molar-refractivity contribution in [3.63, 3.8) is 0 Å². The molecule has 0 radical (unpaired) electrons. The largest absolute Gasteiger partial charge is 0.486 e. The van der Waals surface area contributed by atoms with E-state index < -0.39 is 6.10 Å². The molecule has 0 unspecified atom stereocenters. The molecule has 6 heteroatoms. The second kappa shape index (κ2) is 7.49. The summed E-state index contributed by atoms with van der Waals surface area (Å²) >= 11 is 0. The van der Waals surface area contributed by atoms with Gasteiger partial charge < -0.3 is 28.5 Å². The number of para-hydroxylation sites is 2. The Morgan fingerprint density at radius 3 is 2.78 bits per heavy atom. The number of hydrogen-bond donors (Lipinski definition) is 1. The summed E-state index contributed by atoms with van der Waals surface area (Å²) in [5, 5.41) is 10.2. The Bertz CT molecular complexity index is 504. The Labute approximate surface area is 137 Å². The van der Waals surface area contributed by atoms with Crippen molar-refractivity contribution in [2.45, 2.75) is 12.2 Å². The van der Waals surface area contributed by atoms with Crippen LogP contribution in [-0.4, -0.2) is 81.5 Å². The summed E-state index contributed by atoms with van der Waals surface area (Å²) in [5.74, 6) is 1.52. The highest BCUT2D eigenvalue weighted by molar-refractivity contribution is 5.40. The molecule has 0 aliphatic carbocycles. The molecule has 2 heterocycles. The van der Waals surface area contributed by atoms with Crippen LogP contribution in [0.5, 0.6) is 11.5 Å². The number of ether oxygens (including phenoxy) is 4. The van der Waals surface area contributed by atoms with E-state index in [4.69, 9.17) is 18.9 Å². The maximum absolute atomic E-state index is 10.2. The van der Waals surface area contributed by atoms with E-state index in [0.29, 0.717) is 26.4 Å². The van der Waals surface area contributed by atoms with Gasteiger partial charge in [0.1, 0.15) is 32.3 Å². The second-order valence-corrected chi connectivity index (χ2v) is 6.55. The first-order valence-electron chi connectivity index (χ1n) is 8.20. The Morgan fingerprint density at radius 1 is 1.26 bits per heavy atom. The highest BCUT2D eigenvalue weighted by atomic mass is 16.6. The summed E-state index contributed by atoms with van der Waals surface area (Å²) in [4.78, 5) is 0. The van der Waals surface area contributed by atoms with E-state index in [9.17, 15) is 5.11 Å². The van der Waals surface area contributed by atoms with Crippen molar-refractivity contribution >= 4 is 0 Å². The molecule has 2 atom stereocenters. The Hall–Kier alpha value is -1.34. The summed E-state index contributed by atoms with van der Waals surface area (Å²) < 4.78 is 23.3. The Morgan fingerprint density at radius 2 is 2.00 bits per heavy atom. The first kappa shape index (κ1) is 16.5. The number of aliphatic hydroxyl groups is 1. The highest BCUT2D eigenvalue weighted by Crippen LogP contribution is 2.30. The van der Waals surface area contributed by atoms with Gasteiger partial charge in [-0.3, -0.25) is 0 Å². The van der Waals surface area contributed by atoms with Gasteiger partial charge in [0, 0.05) is 0 Å². The number of benzene rings is 1. The van der Waals surface area contributed by atoms with Crippen LogP contribution < -0.4 is 9.47 Å². The lowest BCUT2D eigenvalue weighted by Crippen LogP contribution is -2.55. The average Bonchev–Trinajstić information content (AvgIpc) is 2.55. The van der Waals surface area contributed by atoms with Crippen molar-refractivity contribution < 1.29 is 28.5 Å². The van der Waals surface area contributed by atoms with Gasteiger partial charge in [0.2, 0.25) is 0 Å². The van der Waals surface area contributed by atoms with Crippen LogP contribution in [0.1, 0.15) is 0 Å². The predicted molar refractivity (Wildman–Crippen MR) is 84.8 cm³/mol. The molecule has 1 saturated heterocycles. The number of morpholine rings is 1. The van der Waals surface area contributed by atoms with E-state index in [1.807, 2.05) is 24.3 Å². The minimum atomic E-state index is -0.477. The third-order valence-electron chi connectivity index (χ3n) is 4.38. The van der Waals surface area contributed by atoms with Crippen LogP contribution in [0, 0.1) is 0 Å². The van der Waals surface area contributed by atoms with Gasteiger partial charge in [-0.25, -0.2) is 0 Å².